The maximum Gasteiger partial charge on any atom is 0.221 e. The number of benzene rings is 1. The molecule has 1 amide bonds. The van der Waals surface area contributed by atoms with E-state index in [0.29, 0.717) is 23.7 Å². The van der Waals surface area contributed by atoms with Gasteiger partial charge in [0.2, 0.25) is 5.91 Å². The first-order valence-corrected chi connectivity index (χ1v) is 9.50. The van der Waals surface area contributed by atoms with Gasteiger partial charge in [-0.3, -0.25) is 9.59 Å². The fourth-order valence-corrected chi connectivity index (χ4v) is 3.64. The molecule has 2 aromatic rings. The summed E-state index contributed by atoms with van der Waals surface area (Å²) < 4.78 is 2.05. The Morgan fingerprint density at radius 3 is 2.62 bits per heavy atom. The van der Waals surface area contributed by atoms with Gasteiger partial charge >= 0.3 is 0 Å². The van der Waals surface area contributed by atoms with Crippen LogP contribution in [-0.4, -0.2) is 31.7 Å². The maximum atomic E-state index is 12.7. The van der Waals surface area contributed by atoms with Crippen LogP contribution in [0.4, 0.5) is 5.69 Å². The minimum atomic E-state index is -0.290. The number of hydrogen-bond acceptors (Lipinski definition) is 5. The SMILES string of the molecule is C=CCn1c(SC(C)C(=O)c2ccc(NC(C)=O)cc2)nnc1C1CC1. The summed E-state index contributed by atoms with van der Waals surface area (Å²) in [7, 11) is 0. The zero-order valence-corrected chi connectivity index (χ0v) is 15.8. The number of Topliss-reactive ketones (excluding diaryl/α,β-unsaturated/α-hetero) is 1. The first-order chi connectivity index (χ1) is 12.5. The number of ketones is 1. The van der Waals surface area contributed by atoms with Gasteiger partial charge in [-0.2, -0.15) is 0 Å². The van der Waals surface area contributed by atoms with Crippen molar-refractivity contribution < 1.29 is 9.59 Å². The number of anilines is 1. The number of nitrogens with one attached hydrogen (secondary N) is 1. The van der Waals surface area contributed by atoms with E-state index in [4.69, 9.17) is 0 Å². The van der Waals surface area contributed by atoms with Gasteiger partial charge in [0.05, 0.1) is 5.25 Å². The highest BCUT2D eigenvalue weighted by atomic mass is 32.2. The molecule has 1 aromatic heterocycles. The van der Waals surface area contributed by atoms with E-state index in [1.54, 1.807) is 24.3 Å². The molecule has 1 aliphatic rings. The summed E-state index contributed by atoms with van der Waals surface area (Å²) in [5.74, 6) is 1.36. The minimum Gasteiger partial charge on any atom is -0.326 e. The fourth-order valence-electron chi connectivity index (χ4n) is 2.70. The number of allylic oxidation sites excluding steroid dienone is 1. The van der Waals surface area contributed by atoms with Gasteiger partial charge in [0.25, 0.3) is 0 Å². The maximum absolute atomic E-state index is 12.7. The number of hydrogen-bond donors (Lipinski definition) is 1. The van der Waals surface area contributed by atoms with Gasteiger partial charge in [-0.15, -0.1) is 16.8 Å². The summed E-state index contributed by atoms with van der Waals surface area (Å²) in [4.78, 5) is 23.8. The number of rotatable bonds is 8. The van der Waals surface area contributed by atoms with Crippen molar-refractivity contribution in [2.24, 2.45) is 0 Å². The Balaban J connectivity index is 1.71. The van der Waals surface area contributed by atoms with Crippen molar-refractivity contribution in [3.05, 3.63) is 48.3 Å². The van der Waals surface area contributed by atoms with Crippen LogP contribution in [0.2, 0.25) is 0 Å². The Morgan fingerprint density at radius 1 is 1.35 bits per heavy atom. The predicted molar refractivity (Wildman–Crippen MR) is 103 cm³/mol. The molecule has 26 heavy (non-hydrogen) atoms. The minimum absolute atomic E-state index is 0.0190. The van der Waals surface area contributed by atoms with E-state index in [1.807, 2.05) is 13.0 Å². The lowest BCUT2D eigenvalue weighted by Gasteiger charge is -2.12. The lowest BCUT2D eigenvalue weighted by atomic mass is 10.1. The number of nitrogens with zero attached hydrogens (tertiary/aromatic N) is 3. The highest BCUT2D eigenvalue weighted by Gasteiger charge is 2.31. The molecule has 1 aromatic carbocycles. The van der Waals surface area contributed by atoms with Crippen molar-refractivity contribution in [3.63, 3.8) is 0 Å². The molecule has 1 fully saturated rings. The van der Waals surface area contributed by atoms with Crippen LogP contribution in [-0.2, 0) is 11.3 Å². The first kappa shape index (κ1) is 18.4. The molecule has 0 bridgehead atoms. The first-order valence-electron chi connectivity index (χ1n) is 8.62. The molecular weight excluding hydrogens is 348 g/mol. The number of amides is 1. The summed E-state index contributed by atoms with van der Waals surface area (Å²) >= 11 is 1.42. The number of thioether (sulfide) groups is 1. The van der Waals surface area contributed by atoms with Crippen molar-refractivity contribution in [2.45, 2.75) is 49.6 Å². The molecule has 0 aliphatic heterocycles. The molecule has 0 radical (unpaired) electrons. The van der Waals surface area contributed by atoms with E-state index < -0.39 is 0 Å². The van der Waals surface area contributed by atoms with Gasteiger partial charge in [0.15, 0.2) is 10.9 Å². The highest BCUT2D eigenvalue weighted by Crippen LogP contribution is 2.40. The molecule has 1 atom stereocenters. The number of aromatic nitrogens is 3. The van der Waals surface area contributed by atoms with Crippen molar-refractivity contribution in [1.82, 2.24) is 14.8 Å². The molecule has 1 N–H and O–H groups in total. The standard InChI is InChI=1S/C19H22N4O2S/c1-4-11-23-18(15-5-6-15)21-22-19(23)26-12(2)17(25)14-7-9-16(10-8-14)20-13(3)24/h4,7-10,12,15H,1,5-6,11H2,2-3H3,(H,20,24). The van der Waals surface area contributed by atoms with E-state index in [1.165, 1.54) is 18.7 Å². The van der Waals surface area contributed by atoms with Crippen molar-refractivity contribution in [3.8, 4) is 0 Å². The second-order valence-electron chi connectivity index (χ2n) is 6.40. The molecule has 1 saturated carbocycles. The van der Waals surface area contributed by atoms with Crippen LogP contribution < -0.4 is 5.32 Å². The van der Waals surface area contributed by atoms with E-state index >= 15 is 0 Å². The van der Waals surface area contributed by atoms with Gasteiger partial charge < -0.3 is 9.88 Å². The summed E-state index contributed by atoms with van der Waals surface area (Å²) in [5, 5.41) is 11.8. The van der Waals surface area contributed by atoms with Crippen LogP contribution in [0.15, 0.2) is 42.1 Å². The normalized spacial score (nSPS) is 14.7. The monoisotopic (exact) mass is 370 g/mol. The van der Waals surface area contributed by atoms with Gasteiger partial charge in [-0.25, -0.2) is 0 Å². The van der Waals surface area contributed by atoms with Gasteiger partial charge in [0, 0.05) is 30.6 Å². The Kier molecular flexibility index (Phi) is 5.56. The quantitative estimate of drug-likeness (QED) is 0.436. The largest absolute Gasteiger partial charge is 0.326 e. The van der Waals surface area contributed by atoms with Crippen LogP contribution in [0.1, 0.15) is 48.8 Å². The van der Waals surface area contributed by atoms with Crippen LogP contribution in [0, 0.1) is 0 Å². The third kappa shape index (κ3) is 4.22. The molecule has 7 heteroatoms. The zero-order valence-electron chi connectivity index (χ0n) is 14.9. The average Bonchev–Trinajstić information content (AvgIpc) is 3.38. The van der Waals surface area contributed by atoms with Crippen LogP contribution in [0.25, 0.3) is 0 Å². The van der Waals surface area contributed by atoms with E-state index in [0.717, 1.165) is 23.8 Å². The fraction of sp³-hybridized carbons (Fsp3) is 0.368. The third-order valence-corrected chi connectivity index (χ3v) is 5.22. The van der Waals surface area contributed by atoms with Crippen molar-refractivity contribution in [1.29, 1.82) is 0 Å². The zero-order chi connectivity index (χ0) is 18.7. The molecule has 0 spiro atoms. The Hall–Kier alpha value is -2.41. The third-order valence-electron chi connectivity index (χ3n) is 4.14. The molecule has 1 aliphatic carbocycles. The Labute approximate surface area is 157 Å². The molecule has 1 unspecified atom stereocenters. The predicted octanol–water partition coefficient (Wildman–Crippen LogP) is 3.66. The Bertz CT molecular complexity index is 825. The summed E-state index contributed by atoms with van der Waals surface area (Å²) in [6.07, 6.45) is 4.12. The van der Waals surface area contributed by atoms with E-state index in [2.05, 4.69) is 26.7 Å². The van der Waals surface area contributed by atoms with Crippen molar-refractivity contribution >= 4 is 29.1 Å². The Morgan fingerprint density at radius 2 is 2.04 bits per heavy atom. The molecular formula is C19H22N4O2S. The van der Waals surface area contributed by atoms with E-state index in [-0.39, 0.29) is 16.9 Å². The molecule has 3 rings (SSSR count). The van der Waals surface area contributed by atoms with Gasteiger partial charge in [-0.05, 0) is 44.0 Å². The van der Waals surface area contributed by atoms with E-state index in [9.17, 15) is 9.59 Å². The van der Waals surface area contributed by atoms with Crippen LogP contribution in [0.3, 0.4) is 0 Å². The van der Waals surface area contributed by atoms with Crippen LogP contribution in [0.5, 0.6) is 0 Å². The summed E-state index contributed by atoms with van der Waals surface area (Å²) in [5.41, 5.74) is 1.28. The smallest absolute Gasteiger partial charge is 0.221 e. The summed E-state index contributed by atoms with van der Waals surface area (Å²) in [6.45, 7) is 7.78. The second-order valence-corrected chi connectivity index (χ2v) is 7.71. The lowest BCUT2D eigenvalue weighted by molar-refractivity contribution is -0.114. The summed E-state index contributed by atoms with van der Waals surface area (Å²) in [6, 6.07) is 6.93. The highest BCUT2D eigenvalue weighted by molar-refractivity contribution is 8.00. The van der Waals surface area contributed by atoms with Gasteiger partial charge in [-0.1, -0.05) is 17.8 Å². The second kappa shape index (κ2) is 7.86. The molecule has 136 valence electrons. The molecule has 0 saturated heterocycles. The number of carbonyl (C=O) groups is 2. The molecule has 6 nitrogen and oxygen atoms in total. The van der Waals surface area contributed by atoms with Crippen LogP contribution >= 0.6 is 11.8 Å². The number of carbonyl (C=O) groups excluding carboxylic acids is 2. The molecule has 1 heterocycles. The van der Waals surface area contributed by atoms with Gasteiger partial charge in [0.1, 0.15) is 5.82 Å². The topological polar surface area (TPSA) is 76.9 Å². The van der Waals surface area contributed by atoms with Crippen molar-refractivity contribution in [2.75, 3.05) is 5.32 Å². The average molecular weight is 370 g/mol. The lowest BCUT2D eigenvalue weighted by Crippen LogP contribution is -2.15.